The van der Waals surface area contributed by atoms with Gasteiger partial charge in [0.05, 0.1) is 4.99 Å². The minimum absolute atomic E-state index is 0.0428. The van der Waals surface area contributed by atoms with Crippen molar-refractivity contribution in [3.05, 3.63) is 35.9 Å². The summed E-state index contributed by atoms with van der Waals surface area (Å²) < 4.78 is 0. The lowest BCUT2D eigenvalue weighted by molar-refractivity contribution is 0.0934. The Morgan fingerprint density at radius 2 is 2.00 bits per heavy atom. The molecule has 0 radical (unpaired) electrons. The second-order valence-electron chi connectivity index (χ2n) is 4.39. The lowest BCUT2D eigenvalue weighted by Gasteiger charge is -2.19. The van der Waals surface area contributed by atoms with E-state index in [-0.39, 0.29) is 17.9 Å². The molecule has 4 heteroatoms. The quantitative estimate of drug-likeness (QED) is 0.803. The first-order valence-electron chi connectivity index (χ1n) is 5.83. The molecule has 1 aliphatic rings. The summed E-state index contributed by atoms with van der Waals surface area (Å²) in [5, 5.41) is 3.02. The normalized spacial score (nSPS) is 23.3. The highest BCUT2D eigenvalue weighted by Gasteiger charge is 2.30. The van der Waals surface area contributed by atoms with E-state index in [0.717, 1.165) is 19.3 Å². The van der Waals surface area contributed by atoms with Crippen LogP contribution in [0.5, 0.6) is 0 Å². The number of carbonyl (C=O) groups is 1. The second kappa shape index (κ2) is 5.27. The highest BCUT2D eigenvalue weighted by atomic mass is 32.1. The third-order valence-corrected chi connectivity index (χ3v) is 3.54. The molecule has 2 atom stereocenters. The van der Waals surface area contributed by atoms with Crippen LogP contribution in [-0.4, -0.2) is 16.9 Å². The Kier molecular flexibility index (Phi) is 3.74. The van der Waals surface area contributed by atoms with Gasteiger partial charge in [0.25, 0.3) is 5.91 Å². The monoisotopic (exact) mass is 248 g/mol. The van der Waals surface area contributed by atoms with Gasteiger partial charge in [-0.25, -0.2) is 0 Å². The van der Waals surface area contributed by atoms with Crippen molar-refractivity contribution in [2.24, 2.45) is 11.7 Å². The maximum absolute atomic E-state index is 12.0. The Morgan fingerprint density at radius 3 is 2.65 bits per heavy atom. The number of thiocarbonyl (C=S) groups is 1. The van der Waals surface area contributed by atoms with Crippen LogP contribution in [0.3, 0.4) is 0 Å². The zero-order valence-electron chi connectivity index (χ0n) is 9.56. The molecular weight excluding hydrogens is 232 g/mol. The highest BCUT2D eigenvalue weighted by Crippen LogP contribution is 2.26. The van der Waals surface area contributed by atoms with Gasteiger partial charge >= 0.3 is 0 Å². The standard InChI is InChI=1S/C13H16N2OS/c14-12(17)10-7-4-8-11(10)15-13(16)9-5-2-1-3-6-9/h1-3,5-6,10-11H,4,7-8H2,(H2,14,17)(H,15,16). The Hall–Kier alpha value is -1.42. The summed E-state index contributed by atoms with van der Waals surface area (Å²) in [7, 11) is 0. The predicted molar refractivity (Wildman–Crippen MR) is 71.8 cm³/mol. The number of hydrogen-bond donors (Lipinski definition) is 2. The smallest absolute Gasteiger partial charge is 0.251 e. The lowest BCUT2D eigenvalue weighted by Crippen LogP contribution is -2.41. The van der Waals surface area contributed by atoms with E-state index in [2.05, 4.69) is 5.32 Å². The molecule has 1 aromatic rings. The molecule has 1 saturated carbocycles. The van der Waals surface area contributed by atoms with Crippen LogP contribution in [0, 0.1) is 5.92 Å². The Balaban J connectivity index is 2.02. The van der Waals surface area contributed by atoms with Crippen LogP contribution in [0.25, 0.3) is 0 Å². The van der Waals surface area contributed by atoms with Gasteiger partial charge in [-0.3, -0.25) is 4.79 Å². The summed E-state index contributed by atoms with van der Waals surface area (Å²) in [4.78, 5) is 12.5. The van der Waals surface area contributed by atoms with Gasteiger partial charge in [-0.15, -0.1) is 0 Å². The molecule has 0 aromatic heterocycles. The van der Waals surface area contributed by atoms with Crippen molar-refractivity contribution < 1.29 is 4.79 Å². The molecule has 1 aliphatic carbocycles. The molecular formula is C13H16N2OS. The molecule has 17 heavy (non-hydrogen) atoms. The van der Waals surface area contributed by atoms with Crippen LogP contribution in [0.1, 0.15) is 29.6 Å². The molecule has 0 saturated heterocycles. The number of amides is 1. The van der Waals surface area contributed by atoms with E-state index in [4.69, 9.17) is 18.0 Å². The Labute approximate surface area is 106 Å². The molecule has 0 bridgehead atoms. The summed E-state index contributed by atoms with van der Waals surface area (Å²) >= 11 is 5.03. The van der Waals surface area contributed by atoms with E-state index < -0.39 is 0 Å². The fraction of sp³-hybridized carbons (Fsp3) is 0.385. The zero-order chi connectivity index (χ0) is 12.3. The zero-order valence-corrected chi connectivity index (χ0v) is 10.4. The predicted octanol–water partition coefficient (Wildman–Crippen LogP) is 1.87. The molecule has 0 heterocycles. The van der Waals surface area contributed by atoms with Crippen molar-refractivity contribution in [2.45, 2.75) is 25.3 Å². The second-order valence-corrected chi connectivity index (χ2v) is 4.86. The highest BCUT2D eigenvalue weighted by molar-refractivity contribution is 7.80. The summed E-state index contributed by atoms with van der Waals surface area (Å²) in [5.74, 6) is 0.108. The van der Waals surface area contributed by atoms with Crippen LogP contribution in [0.15, 0.2) is 30.3 Å². The van der Waals surface area contributed by atoms with E-state index in [1.54, 1.807) is 12.1 Å². The molecule has 90 valence electrons. The molecule has 2 unspecified atom stereocenters. The number of hydrogen-bond acceptors (Lipinski definition) is 2. The van der Waals surface area contributed by atoms with E-state index in [1.165, 1.54) is 0 Å². The van der Waals surface area contributed by atoms with Gasteiger partial charge in [0.2, 0.25) is 0 Å². The first-order chi connectivity index (χ1) is 8.18. The van der Waals surface area contributed by atoms with E-state index >= 15 is 0 Å². The van der Waals surface area contributed by atoms with E-state index in [0.29, 0.717) is 10.6 Å². The minimum Gasteiger partial charge on any atom is -0.393 e. The van der Waals surface area contributed by atoms with E-state index in [9.17, 15) is 4.79 Å². The molecule has 2 rings (SSSR count). The van der Waals surface area contributed by atoms with Gasteiger partial charge in [-0.05, 0) is 25.0 Å². The maximum Gasteiger partial charge on any atom is 0.251 e. The SMILES string of the molecule is NC(=S)C1CCCC1NC(=O)c1ccccc1. The maximum atomic E-state index is 12.0. The number of benzene rings is 1. The summed E-state index contributed by atoms with van der Waals surface area (Å²) in [5.41, 5.74) is 6.36. The lowest BCUT2D eigenvalue weighted by atomic mass is 10.0. The fourth-order valence-corrected chi connectivity index (χ4v) is 2.60. The van der Waals surface area contributed by atoms with Crippen molar-refractivity contribution in [1.82, 2.24) is 5.32 Å². The van der Waals surface area contributed by atoms with Gasteiger partial charge < -0.3 is 11.1 Å². The molecule has 3 nitrogen and oxygen atoms in total. The van der Waals surface area contributed by atoms with Gasteiger partial charge in [-0.1, -0.05) is 36.8 Å². The van der Waals surface area contributed by atoms with Crippen LogP contribution in [0.4, 0.5) is 0 Å². The number of rotatable bonds is 3. The van der Waals surface area contributed by atoms with Crippen LogP contribution < -0.4 is 11.1 Å². The Morgan fingerprint density at radius 1 is 1.29 bits per heavy atom. The average Bonchev–Trinajstić information content (AvgIpc) is 2.78. The van der Waals surface area contributed by atoms with Crippen molar-refractivity contribution in [3.63, 3.8) is 0 Å². The molecule has 1 aromatic carbocycles. The van der Waals surface area contributed by atoms with Gasteiger partial charge in [-0.2, -0.15) is 0 Å². The van der Waals surface area contributed by atoms with Crippen molar-refractivity contribution >= 4 is 23.1 Å². The third-order valence-electron chi connectivity index (χ3n) is 3.23. The molecule has 3 N–H and O–H groups in total. The van der Waals surface area contributed by atoms with Crippen LogP contribution in [-0.2, 0) is 0 Å². The topological polar surface area (TPSA) is 55.1 Å². The molecule has 1 amide bonds. The third kappa shape index (κ3) is 2.82. The van der Waals surface area contributed by atoms with Crippen LogP contribution in [0.2, 0.25) is 0 Å². The first kappa shape index (κ1) is 12.0. The number of carbonyl (C=O) groups excluding carboxylic acids is 1. The van der Waals surface area contributed by atoms with Gasteiger partial charge in [0.15, 0.2) is 0 Å². The molecule has 0 aliphatic heterocycles. The summed E-state index contributed by atoms with van der Waals surface area (Å²) in [6.45, 7) is 0. The van der Waals surface area contributed by atoms with E-state index in [1.807, 2.05) is 18.2 Å². The summed E-state index contributed by atoms with van der Waals surface area (Å²) in [6, 6.07) is 9.31. The Bertz CT molecular complexity index is 419. The number of nitrogens with one attached hydrogen (secondary N) is 1. The molecule has 0 spiro atoms. The van der Waals surface area contributed by atoms with Gasteiger partial charge in [0, 0.05) is 17.5 Å². The van der Waals surface area contributed by atoms with Crippen molar-refractivity contribution in [2.75, 3.05) is 0 Å². The van der Waals surface area contributed by atoms with Crippen LogP contribution >= 0.6 is 12.2 Å². The minimum atomic E-state index is -0.0428. The van der Waals surface area contributed by atoms with Crippen molar-refractivity contribution in [1.29, 1.82) is 0 Å². The molecule has 1 fully saturated rings. The largest absolute Gasteiger partial charge is 0.393 e. The summed E-state index contributed by atoms with van der Waals surface area (Å²) in [6.07, 6.45) is 3.01. The number of nitrogens with two attached hydrogens (primary N) is 1. The fourth-order valence-electron chi connectivity index (χ4n) is 2.31. The first-order valence-corrected chi connectivity index (χ1v) is 6.24. The average molecular weight is 248 g/mol. The van der Waals surface area contributed by atoms with Gasteiger partial charge in [0.1, 0.15) is 0 Å². The van der Waals surface area contributed by atoms with Crippen molar-refractivity contribution in [3.8, 4) is 0 Å².